The van der Waals surface area contributed by atoms with Crippen molar-refractivity contribution >= 4 is 33.1 Å². The Hall–Kier alpha value is -1.46. The number of hydrogen-bond donors (Lipinski definition) is 0. The summed E-state index contributed by atoms with van der Waals surface area (Å²) in [5.41, 5.74) is 1.03. The molecule has 17 heavy (non-hydrogen) atoms. The SMILES string of the molecule is CS(=O)(=O)N=C1C=C(Cl)C(=O)c2ccccc21. The summed E-state index contributed by atoms with van der Waals surface area (Å²) in [6.45, 7) is 0. The van der Waals surface area contributed by atoms with Gasteiger partial charge >= 0.3 is 0 Å². The molecule has 0 atom stereocenters. The first-order valence-corrected chi connectivity index (χ1v) is 6.92. The summed E-state index contributed by atoms with van der Waals surface area (Å²) >= 11 is 5.75. The first-order chi connectivity index (χ1) is 7.88. The molecule has 0 heterocycles. The van der Waals surface area contributed by atoms with Gasteiger partial charge in [0, 0.05) is 11.1 Å². The number of fused-ring (bicyclic) bond motifs is 1. The highest BCUT2D eigenvalue weighted by atomic mass is 35.5. The van der Waals surface area contributed by atoms with Crippen molar-refractivity contribution in [1.82, 2.24) is 0 Å². The van der Waals surface area contributed by atoms with Crippen molar-refractivity contribution in [2.24, 2.45) is 4.40 Å². The second kappa shape index (κ2) is 4.09. The molecule has 0 aliphatic heterocycles. The Morgan fingerprint density at radius 3 is 2.35 bits per heavy atom. The minimum absolute atomic E-state index is 0.0360. The van der Waals surface area contributed by atoms with Crippen LogP contribution in [0.2, 0.25) is 0 Å². The monoisotopic (exact) mass is 269 g/mol. The van der Waals surface area contributed by atoms with Crippen LogP contribution in [0.4, 0.5) is 0 Å². The van der Waals surface area contributed by atoms with Crippen molar-refractivity contribution in [2.45, 2.75) is 0 Å². The van der Waals surface area contributed by atoms with Gasteiger partial charge in [0.1, 0.15) is 0 Å². The smallest absolute Gasteiger partial charge is 0.250 e. The number of carbonyl (C=O) groups is 1. The molecule has 0 spiro atoms. The minimum atomic E-state index is -3.53. The normalized spacial score (nSPS) is 17.9. The molecule has 0 aromatic heterocycles. The van der Waals surface area contributed by atoms with Gasteiger partial charge in [-0.05, 0) is 6.08 Å². The summed E-state index contributed by atoms with van der Waals surface area (Å²) in [6.07, 6.45) is 2.26. The molecular weight excluding hydrogens is 262 g/mol. The number of rotatable bonds is 1. The zero-order valence-corrected chi connectivity index (χ0v) is 10.4. The van der Waals surface area contributed by atoms with E-state index < -0.39 is 10.0 Å². The Morgan fingerprint density at radius 2 is 1.76 bits per heavy atom. The molecule has 0 N–H and O–H groups in total. The topological polar surface area (TPSA) is 63.6 Å². The largest absolute Gasteiger partial charge is 0.288 e. The summed E-state index contributed by atoms with van der Waals surface area (Å²) in [6, 6.07) is 6.61. The fourth-order valence-electron chi connectivity index (χ4n) is 1.55. The fraction of sp³-hybridized carbons (Fsp3) is 0.0909. The highest BCUT2D eigenvalue weighted by Gasteiger charge is 2.23. The van der Waals surface area contributed by atoms with Gasteiger partial charge in [0.2, 0.25) is 5.78 Å². The van der Waals surface area contributed by atoms with E-state index in [0.717, 1.165) is 6.26 Å². The maximum atomic E-state index is 11.7. The molecule has 0 fully saturated rings. The Balaban J connectivity index is 2.71. The predicted octanol–water partition coefficient (Wildman–Crippen LogP) is 1.75. The number of Topliss-reactive ketones (excluding diaryl/α,β-unsaturated/α-hetero) is 1. The van der Waals surface area contributed by atoms with Crippen LogP contribution in [0.15, 0.2) is 39.8 Å². The maximum absolute atomic E-state index is 11.7. The molecule has 0 radical (unpaired) electrons. The van der Waals surface area contributed by atoms with Crippen LogP contribution in [0, 0.1) is 0 Å². The van der Waals surface area contributed by atoms with Crippen LogP contribution in [0.1, 0.15) is 15.9 Å². The lowest BCUT2D eigenvalue weighted by atomic mass is 9.94. The van der Waals surface area contributed by atoms with Crippen LogP contribution in [-0.2, 0) is 10.0 Å². The molecule has 0 unspecified atom stereocenters. The van der Waals surface area contributed by atoms with Gasteiger partial charge in [0.25, 0.3) is 10.0 Å². The van der Waals surface area contributed by atoms with Crippen molar-refractivity contribution in [3.8, 4) is 0 Å². The van der Waals surface area contributed by atoms with Gasteiger partial charge < -0.3 is 0 Å². The Morgan fingerprint density at radius 1 is 1.18 bits per heavy atom. The van der Waals surface area contributed by atoms with Crippen molar-refractivity contribution in [3.63, 3.8) is 0 Å². The molecule has 1 aromatic rings. The third-order valence-corrected chi connectivity index (χ3v) is 3.00. The highest BCUT2D eigenvalue weighted by molar-refractivity contribution is 7.89. The van der Waals surface area contributed by atoms with Gasteiger partial charge in [-0.1, -0.05) is 35.9 Å². The lowest BCUT2D eigenvalue weighted by Gasteiger charge is -2.13. The standard InChI is InChI=1S/C11H8ClNO3S/c1-17(15,16)13-10-6-9(12)11(14)8-5-3-2-4-7(8)10/h2-6H,1H3. The Labute approximate surface area is 104 Å². The quantitative estimate of drug-likeness (QED) is 0.780. The van der Waals surface area contributed by atoms with Crippen molar-refractivity contribution < 1.29 is 13.2 Å². The van der Waals surface area contributed by atoms with Gasteiger partial charge in [-0.25, -0.2) is 8.42 Å². The minimum Gasteiger partial charge on any atom is -0.288 e. The average Bonchev–Trinajstić information content (AvgIpc) is 2.24. The van der Waals surface area contributed by atoms with Gasteiger partial charge in [-0.3, -0.25) is 4.79 Å². The summed E-state index contributed by atoms with van der Waals surface area (Å²) in [5.74, 6) is -0.324. The van der Waals surface area contributed by atoms with Gasteiger partial charge in [-0.2, -0.15) is 4.40 Å². The van der Waals surface area contributed by atoms with Crippen LogP contribution in [0.5, 0.6) is 0 Å². The fourth-order valence-corrected chi connectivity index (χ4v) is 2.26. The third-order valence-electron chi connectivity index (χ3n) is 2.19. The van der Waals surface area contributed by atoms with E-state index in [-0.39, 0.29) is 16.5 Å². The zero-order chi connectivity index (χ0) is 12.6. The molecule has 0 saturated carbocycles. The molecule has 88 valence electrons. The number of carbonyl (C=O) groups excluding carboxylic acids is 1. The molecule has 1 aromatic carbocycles. The maximum Gasteiger partial charge on any atom is 0.250 e. The van der Waals surface area contributed by atoms with Gasteiger partial charge in [0.05, 0.1) is 17.0 Å². The van der Waals surface area contributed by atoms with Crippen LogP contribution in [0.25, 0.3) is 0 Å². The lowest BCUT2D eigenvalue weighted by molar-refractivity contribution is 0.104. The first-order valence-electron chi connectivity index (χ1n) is 4.70. The number of nitrogens with zero attached hydrogens (tertiary/aromatic N) is 1. The molecule has 2 rings (SSSR count). The number of ketones is 1. The molecule has 4 nitrogen and oxygen atoms in total. The Bertz CT molecular complexity index is 659. The molecule has 1 aliphatic rings. The zero-order valence-electron chi connectivity index (χ0n) is 8.84. The van der Waals surface area contributed by atoms with E-state index in [4.69, 9.17) is 11.6 Å². The number of halogens is 1. The van der Waals surface area contributed by atoms with Crippen molar-refractivity contribution in [3.05, 3.63) is 46.5 Å². The molecular formula is C11H8ClNO3S. The Kier molecular flexibility index (Phi) is 2.89. The van der Waals surface area contributed by atoms with E-state index in [0.29, 0.717) is 11.1 Å². The summed E-state index contributed by atoms with van der Waals surface area (Å²) in [7, 11) is -3.53. The second-order valence-corrected chi connectivity index (χ2v) is 5.63. The number of hydrogen-bond acceptors (Lipinski definition) is 3. The van der Waals surface area contributed by atoms with E-state index in [1.807, 2.05) is 0 Å². The summed E-state index contributed by atoms with van der Waals surface area (Å²) in [5, 5.41) is -0.0360. The van der Waals surface area contributed by atoms with E-state index in [9.17, 15) is 13.2 Å². The van der Waals surface area contributed by atoms with E-state index >= 15 is 0 Å². The molecule has 1 aliphatic carbocycles. The van der Waals surface area contributed by atoms with Gasteiger partial charge in [0.15, 0.2) is 0 Å². The molecule has 0 saturated heterocycles. The second-order valence-electron chi connectivity index (χ2n) is 3.58. The average molecular weight is 270 g/mol. The van der Waals surface area contributed by atoms with Crippen LogP contribution in [-0.4, -0.2) is 26.2 Å². The van der Waals surface area contributed by atoms with Crippen molar-refractivity contribution in [1.29, 1.82) is 0 Å². The summed E-state index contributed by atoms with van der Waals surface area (Å²) in [4.78, 5) is 11.7. The molecule has 6 heteroatoms. The van der Waals surface area contributed by atoms with E-state index in [2.05, 4.69) is 4.40 Å². The lowest BCUT2D eigenvalue weighted by Crippen LogP contribution is -2.16. The van der Waals surface area contributed by atoms with Crippen LogP contribution >= 0.6 is 11.6 Å². The first kappa shape index (κ1) is 12.0. The van der Waals surface area contributed by atoms with Crippen LogP contribution < -0.4 is 0 Å². The van der Waals surface area contributed by atoms with Crippen molar-refractivity contribution in [2.75, 3.05) is 6.26 Å². The summed E-state index contributed by atoms with van der Waals surface area (Å²) < 4.78 is 25.9. The van der Waals surface area contributed by atoms with Gasteiger partial charge in [-0.15, -0.1) is 0 Å². The van der Waals surface area contributed by atoms with E-state index in [1.54, 1.807) is 24.3 Å². The van der Waals surface area contributed by atoms with Crippen LogP contribution in [0.3, 0.4) is 0 Å². The third kappa shape index (κ3) is 2.45. The number of allylic oxidation sites excluding steroid dienone is 2. The predicted molar refractivity (Wildman–Crippen MR) is 66.1 cm³/mol. The number of benzene rings is 1. The van der Waals surface area contributed by atoms with E-state index in [1.165, 1.54) is 6.08 Å². The number of sulfonamides is 1. The molecule has 0 bridgehead atoms. The molecule has 0 amide bonds. The highest BCUT2D eigenvalue weighted by Crippen LogP contribution is 2.24.